The molecular formula is C24H29N5O. The van der Waals surface area contributed by atoms with Crippen LogP contribution in [0.1, 0.15) is 37.1 Å². The number of aromatic nitrogens is 3. The quantitative estimate of drug-likeness (QED) is 0.615. The van der Waals surface area contributed by atoms with Crippen molar-refractivity contribution in [2.45, 2.75) is 38.6 Å². The predicted molar refractivity (Wildman–Crippen MR) is 117 cm³/mol. The Morgan fingerprint density at radius 1 is 0.933 bits per heavy atom. The maximum absolute atomic E-state index is 5.53. The van der Waals surface area contributed by atoms with Crippen LogP contribution in [0.2, 0.25) is 0 Å². The minimum atomic E-state index is 0.629. The molecule has 0 amide bonds. The van der Waals surface area contributed by atoms with E-state index >= 15 is 0 Å². The molecule has 2 saturated heterocycles. The number of anilines is 1. The first-order chi connectivity index (χ1) is 14.8. The van der Waals surface area contributed by atoms with E-state index < -0.39 is 0 Å². The zero-order valence-corrected chi connectivity index (χ0v) is 17.4. The second-order valence-electron chi connectivity index (χ2n) is 8.52. The average molecular weight is 404 g/mol. The van der Waals surface area contributed by atoms with Crippen molar-refractivity contribution in [1.82, 2.24) is 20.0 Å². The zero-order valence-electron chi connectivity index (χ0n) is 17.4. The molecule has 0 spiro atoms. The highest BCUT2D eigenvalue weighted by Crippen LogP contribution is 2.24. The van der Waals surface area contributed by atoms with Crippen molar-refractivity contribution in [3.05, 3.63) is 60.1 Å². The van der Waals surface area contributed by atoms with Gasteiger partial charge in [-0.15, -0.1) is 0 Å². The van der Waals surface area contributed by atoms with Crippen LogP contribution in [0.5, 0.6) is 0 Å². The summed E-state index contributed by atoms with van der Waals surface area (Å²) >= 11 is 0. The topological polar surface area (TPSA) is 58.3 Å². The molecule has 6 nitrogen and oxygen atoms in total. The van der Waals surface area contributed by atoms with E-state index in [1.807, 2.05) is 12.3 Å². The van der Waals surface area contributed by atoms with E-state index in [4.69, 9.17) is 4.52 Å². The maximum Gasteiger partial charge on any atom is 0.241 e. The Morgan fingerprint density at radius 3 is 2.47 bits per heavy atom. The van der Waals surface area contributed by atoms with Gasteiger partial charge in [0.15, 0.2) is 0 Å². The molecule has 0 radical (unpaired) electrons. The lowest BCUT2D eigenvalue weighted by atomic mass is 9.90. The number of hydrogen-bond acceptors (Lipinski definition) is 6. The van der Waals surface area contributed by atoms with E-state index in [2.05, 4.69) is 61.3 Å². The van der Waals surface area contributed by atoms with Crippen LogP contribution in [0.15, 0.2) is 53.2 Å². The second-order valence-corrected chi connectivity index (χ2v) is 8.52. The fourth-order valence-electron chi connectivity index (χ4n) is 4.58. The minimum Gasteiger partial charge on any atom is -0.357 e. The van der Waals surface area contributed by atoms with Gasteiger partial charge in [-0.2, -0.15) is 4.98 Å². The van der Waals surface area contributed by atoms with Crippen LogP contribution in [0.3, 0.4) is 0 Å². The number of rotatable bonds is 6. The standard InChI is InChI=1S/C24H29N5O/c1-2-6-19(7-3-1)16-20-10-14-28(15-11-20)18-23-26-24(27-30-23)21-8-9-22(25-17-21)29-12-4-5-13-29/h1-3,6-9,17,20H,4-5,10-16,18H2. The molecule has 6 heteroatoms. The summed E-state index contributed by atoms with van der Waals surface area (Å²) < 4.78 is 5.53. The molecule has 3 aromatic rings. The van der Waals surface area contributed by atoms with E-state index in [-0.39, 0.29) is 0 Å². The molecule has 0 saturated carbocycles. The molecule has 0 atom stereocenters. The van der Waals surface area contributed by atoms with E-state index in [1.54, 1.807) is 0 Å². The molecule has 0 bridgehead atoms. The van der Waals surface area contributed by atoms with Crippen molar-refractivity contribution in [2.24, 2.45) is 5.92 Å². The van der Waals surface area contributed by atoms with E-state index in [9.17, 15) is 0 Å². The monoisotopic (exact) mass is 403 g/mol. The van der Waals surface area contributed by atoms with Gasteiger partial charge in [0.05, 0.1) is 6.54 Å². The fourth-order valence-corrected chi connectivity index (χ4v) is 4.58. The summed E-state index contributed by atoms with van der Waals surface area (Å²) in [5, 5.41) is 4.18. The summed E-state index contributed by atoms with van der Waals surface area (Å²) in [5.74, 6) is 3.12. The van der Waals surface area contributed by atoms with Crippen molar-refractivity contribution in [1.29, 1.82) is 0 Å². The highest BCUT2D eigenvalue weighted by Gasteiger charge is 2.21. The van der Waals surface area contributed by atoms with Gasteiger partial charge in [-0.25, -0.2) is 4.98 Å². The third-order valence-corrected chi connectivity index (χ3v) is 6.34. The van der Waals surface area contributed by atoms with Crippen molar-refractivity contribution >= 4 is 5.82 Å². The van der Waals surface area contributed by atoms with Gasteiger partial charge < -0.3 is 9.42 Å². The molecule has 0 N–H and O–H groups in total. The van der Waals surface area contributed by atoms with Crippen LogP contribution >= 0.6 is 0 Å². The number of benzene rings is 1. The first-order valence-corrected chi connectivity index (χ1v) is 11.1. The summed E-state index contributed by atoms with van der Waals surface area (Å²) in [6.45, 7) is 5.09. The molecule has 2 aliphatic heterocycles. The SMILES string of the molecule is c1ccc(CC2CCN(Cc3nc(-c4ccc(N5CCCC5)nc4)no3)CC2)cc1. The highest BCUT2D eigenvalue weighted by atomic mass is 16.5. The molecule has 0 unspecified atom stereocenters. The molecule has 5 rings (SSSR count). The summed E-state index contributed by atoms with van der Waals surface area (Å²) in [4.78, 5) is 14.0. The van der Waals surface area contributed by atoms with E-state index in [0.29, 0.717) is 11.7 Å². The van der Waals surface area contributed by atoms with E-state index in [1.165, 1.54) is 37.7 Å². The molecular weight excluding hydrogens is 374 g/mol. The Balaban J connectivity index is 1.14. The lowest BCUT2D eigenvalue weighted by molar-refractivity contribution is 0.159. The minimum absolute atomic E-state index is 0.629. The van der Waals surface area contributed by atoms with Crippen LogP contribution in [-0.4, -0.2) is 46.2 Å². The summed E-state index contributed by atoms with van der Waals surface area (Å²) in [6.07, 6.45) is 7.98. The number of pyridine rings is 1. The normalized spacial score (nSPS) is 18.2. The van der Waals surface area contributed by atoms with Gasteiger partial charge in [-0.05, 0) is 68.8 Å². The molecule has 2 aliphatic rings. The van der Waals surface area contributed by atoms with Gasteiger partial charge in [0.1, 0.15) is 5.82 Å². The lowest BCUT2D eigenvalue weighted by Crippen LogP contribution is -2.33. The molecule has 4 heterocycles. The van der Waals surface area contributed by atoms with Crippen molar-refractivity contribution in [3.8, 4) is 11.4 Å². The van der Waals surface area contributed by atoms with Gasteiger partial charge >= 0.3 is 0 Å². The number of nitrogens with zero attached hydrogens (tertiary/aromatic N) is 5. The molecule has 2 aromatic heterocycles. The van der Waals surface area contributed by atoms with Crippen molar-refractivity contribution < 1.29 is 4.52 Å². The van der Waals surface area contributed by atoms with Crippen LogP contribution < -0.4 is 4.90 Å². The lowest BCUT2D eigenvalue weighted by Gasteiger charge is -2.31. The summed E-state index contributed by atoms with van der Waals surface area (Å²) in [7, 11) is 0. The first-order valence-electron chi connectivity index (χ1n) is 11.1. The summed E-state index contributed by atoms with van der Waals surface area (Å²) in [5.41, 5.74) is 2.36. The number of piperidine rings is 1. The summed E-state index contributed by atoms with van der Waals surface area (Å²) in [6, 6.07) is 14.9. The Labute approximate surface area is 177 Å². The van der Waals surface area contributed by atoms with Crippen LogP contribution in [0, 0.1) is 5.92 Å². The number of likely N-dealkylation sites (tertiary alicyclic amines) is 1. The first kappa shape index (κ1) is 19.2. The highest BCUT2D eigenvalue weighted by molar-refractivity contribution is 5.56. The van der Waals surface area contributed by atoms with Gasteiger partial charge in [-0.1, -0.05) is 35.5 Å². The molecule has 30 heavy (non-hydrogen) atoms. The largest absolute Gasteiger partial charge is 0.357 e. The van der Waals surface area contributed by atoms with Crippen LogP contribution in [0.4, 0.5) is 5.82 Å². The van der Waals surface area contributed by atoms with Gasteiger partial charge in [0.2, 0.25) is 11.7 Å². The van der Waals surface area contributed by atoms with Gasteiger partial charge in [0, 0.05) is 24.8 Å². The Hall–Kier alpha value is -2.73. The third-order valence-electron chi connectivity index (χ3n) is 6.34. The van der Waals surface area contributed by atoms with E-state index in [0.717, 1.165) is 50.0 Å². The molecule has 2 fully saturated rings. The third kappa shape index (κ3) is 4.54. The van der Waals surface area contributed by atoms with Gasteiger partial charge in [-0.3, -0.25) is 4.90 Å². The van der Waals surface area contributed by atoms with Crippen LogP contribution in [-0.2, 0) is 13.0 Å². The average Bonchev–Trinajstić information content (AvgIpc) is 3.49. The number of hydrogen-bond donors (Lipinski definition) is 0. The van der Waals surface area contributed by atoms with Crippen molar-refractivity contribution in [3.63, 3.8) is 0 Å². The molecule has 0 aliphatic carbocycles. The Kier molecular flexibility index (Phi) is 5.75. The second kappa shape index (κ2) is 8.96. The predicted octanol–water partition coefficient (Wildman–Crippen LogP) is 4.19. The van der Waals surface area contributed by atoms with Crippen molar-refractivity contribution in [2.75, 3.05) is 31.1 Å². The Morgan fingerprint density at radius 2 is 1.73 bits per heavy atom. The van der Waals surface area contributed by atoms with Crippen LogP contribution in [0.25, 0.3) is 11.4 Å². The molecule has 156 valence electrons. The maximum atomic E-state index is 5.53. The smallest absolute Gasteiger partial charge is 0.241 e. The van der Waals surface area contributed by atoms with Gasteiger partial charge in [0.25, 0.3) is 0 Å². The fraction of sp³-hybridized carbons (Fsp3) is 0.458. The molecule has 1 aromatic carbocycles. The Bertz CT molecular complexity index is 926. The zero-order chi connectivity index (χ0) is 20.2.